The van der Waals surface area contributed by atoms with Gasteiger partial charge in [0.05, 0.1) is 11.1 Å². The van der Waals surface area contributed by atoms with Crippen molar-refractivity contribution < 1.29 is 4.39 Å². The maximum atomic E-state index is 13.7. The van der Waals surface area contributed by atoms with E-state index in [0.29, 0.717) is 10.6 Å². The molecular weight excluding hydrogens is 245 g/mol. The predicted octanol–water partition coefficient (Wildman–Crippen LogP) is 3.90. The highest BCUT2D eigenvalue weighted by Crippen LogP contribution is 2.32. The van der Waals surface area contributed by atoms with Crippen LogP contribution >= 0.6 is 22.9 Å². The van der Waals surface area contributed by atoms with Crippen molar-refractivity contribution in [3.63, 3.8) is 0 Å². The molecule has 0 bridgehead atoms. The molecule has 0 spiro atoms. The first kappa shape index (κ1) is 11.6. The molecule has 0 aliphatic carbocycles. The fraction of sp³-hybridized carbons (Fsp3) is 0.167. The van der Waals surface area contributed by atoms with Crippen LogP contribution in [0, 0.1) is 12.7 Å². The summed E-state index contributed by atoms with van der Waals surface area (Å²) in [6.45, 7) is 1.84. The smallest absolute Gasteiger partial charge is 0.129 e. The van der Waals surface area contributed by atoms with Crippen molar-refractivity contribution in [1.82, 2.24) is 0 Å². The number of hydrogen-bond donors (Lipinski definition) is 1. The highest BCUT2D eigenvalue weighted by molar-refractivity contribution is 7.10. The molecular formula is C12H11ClFNS. The summed E-state index contributed by atoms with van der Waals surface area (Å²) in [5.41, 5.74) is 7.23. The highest BCUT2D eigenvalue weighted by Gasteiger charge is 2.19. The van der Waals surface area contributed by atoms with E-state index >= 15 is 0 Å². The van der Waals surface area contributed by atoms with Gasteiger partial charge in [-0.3, -0.25) is 0 Å². The second kappa shape index (κ2) is 4.53. The van der Waals surface area contributed by atoms with Gasteiger partial charge in [-0.1, -0.05) is 23.7 Å². The van der Waals surface area contributed by atoms with Crippen molar-refractivity contribution in [3.8, 4) is 0 Å². The number of halogens is 2. The van der Waals surface area contributed by atoms with Crippen LogP contribution in [0.4, 0.5) is 4.39 Å². The molecule has 0 aliphatic heterocycles. The lowest BCUT2D eigenvalue weighted by Gasteiger charge is -2.14. The van der Waals surface area contributed by atoms with Crippen molar-refractivity contribution in [2.75, 3.05) is 0 Å². The Hall–Kier alpha value is -0.900. The van der Waals surface area contributed by atoms with Gasteiger partial charge in [0.15, 0.2) is 0 Å². The van der Waals surface area contributed by atoms with Crippen LogP contribution in [-0.2, 0) is 0 Å². The second-order valence-electron chi connectivity index (χ2n) is 3.59. The Morgan fingerprint density at radius 1 is 1.38 bits per heavy atom. The van der Waals surface area contributed by atoms with Crippen molar-refractivity contribution in [1.29, 1.82) is 0 Å². The van der Waals surface area contributed by atoms with Gasteiger partial charge in [-0.25, -0.2) is 4.39 Å². The number of nitrogens with two attached hydrogens (primary N) is 1. The molecule has 1 aromatic heterocycles. The summed E-state index contributed by atoms with van der Waals surface area (Å²) < 4.78 is 13.7. The Labute approximate surface area is 103 Å². The van der Waals surface area contributed by atoms with Crippen molar-refractivity contribution >= 4 is 22.9 Å². The minimum atomic E-state index is -0.493. The summed E-state index contributed by atoms with van der Waals surface area (Å²) in [7, 11) is 0. The zero-order valence-electron chi connectivity index (χ0n) is 8.71. The molecule has 84 valence electrons. The molecule has 1 atom stereocenters. The van der Waals surface area contributed by atoms with E-state index in [9.17, 15) is 4.39 Å². The van der Waals surface area contributed by atoms with Gasteiger partial charge >= 0.3 is 0 Å². The monoisotopic (exact) mass is 255 g/mol. The molecule has 4 heteroatoms. The van der Waals surface area contributed by atoms with Crippen LogP contribution in [0.15, 0.2) is 29.6 Å². The summed E-state index contributed by atoms with van der Waals surface area (Å²) in [6.07, 6.45) is 0. The molecule has 1 heterocycles. The van der Waals surface area contributed by atoms with Gasteiger partial charge in [0.2, 0.25) is 0 Å². The van der Waals surface area contributed by atoms with E-state index in [0.717, 1.165) is 10.4 Å². The molecule has 2 rings (SSSR count). The number of rotatable bonds is 2. The summed E-state index contributed by atoms with van der Waals surface area (Å²) in [5, 5.41) is 2.33. The summed E-state index contributed by atoms with van der Waals surface area (Å²) in [4.78, 5) is 0.909. The third-order valence-electron chi connectivity index (χ3n) is 2.48. The molecule has 0 saturated heterocycles. The van der Waals surface area contributed by atoms with Crippen molar-refractivity contribution in [2.24, 2.45) is 5.73 Å². The number of aryl methyl sites for hydroxylation is 1. The maximum Gasteiger partial charge on any atom is 0.129 e. The maximum absolute atomic E-state index is 13.7. The number of hydrogen-bond acceptors (Lipinski definition) is 2. The Balaban J connectivity index is 2.52. The molecule has 0 unspecified atom stereocenters. The summed E-state index contributed by atoms with van der Waals surface area (Å²) in [5.74, 6) is -0.350. The van der Waals surface area contributed by atoms with Crippen molar-refractivity contribution in [2.45, 2.75) is 13.0 Å². The van der Waals surface area contributed by atoms with E-state index in [1.54, 1.807) is 6.07 Å². The van der Waals surface area contributed by atoms with Crippen LogP contribution in [-0.4, -0.2) is 0 Å². The Bertz CT molecular complexity index is 496. The van der Waals surface area contributed by atoms with E-state index < -0.39 is 6.04 Å². The molecule has 0 saturated carbocycles. The van der Waals surface area contributed by atoms with E-state index in [1.165, 1.54) is 17.4 Å². The lowest BCUT2D eigenvalue weighted by molar-refractivity contribution is 0.600. The van der Waals surface area contributed by atoms with Crippen LogP contribution in [0.5, 0.6) is 0 Å². The average molecular weight is 256 g/mol. The van der Waals surface area contributed by atoms with Gasteiger partial charge in [0.25, 0.3) is 0 Å². The molecule has 0 aliphatic rings. The van der Waals surface area contributed by atoms with Crippen molar-refractivity contribution in [3.05, 3.63) is 56.5 Å². The molecule has 2 aromatic rings. The predicted molar refractivity (Wildman–Crippen MR) is 66.5 cm³/mol. The molecule has 2 N–H and O–H groups in total. The Morgan fingerprint density at radius 2 is 2.12 bits per heavy atom. The van der Waals surface area contributed by atoms with Gasteiger partial charge in [-0.15, -0.1) is 11.3 Å². The van der Waals surface area contributed by atoms with Crippen LogP contribution in [0.2, 0.25) is 5.02 Å². The first-order chi connectivity index (χ1) is 7.61. The van der Waals surface area contributed by atoms with Gasteiger partial charge in [-0.2, -0.15) is 0 Å². The second-order valence-corrected chi connectivity index (χ2v) is 4.94. The van der Waals surface area contributed by atoms with Gasteiger partial charge in [0.1, 0.15) is 5.82 Å². The zero-order valence-corrected chi connectivity index (χ0v) is 10.3. The van der Waals surface area contributed by atoms with E-state index in [2.05, 4.69) is 0 Å². The third-order valence-corrected chi connectivity index (χ3v) is 3.94. The summed E-state index contributed by atoms with van der Waals surface area (Å²) >= 11 is 7.59. The fourth-order valence-electron chi connectivity index (χ4n) is 1.57. The van der Waals surface area contributed by atoms with E-state index in [4.69, 9.17) is 17.3 Å². The normalized spacial score (nSPS) is 12.8. The quantitative estimate of drug-likeness (QED) is 0.866. The molecule has 1 nitrogen and oxygen atoms in total. The minimum absolute atomic E-state index is 0.350. The van der Waals surface area contributed by atoms with Crippen LogP contribution in [0.3, 0.4) is 0 Å². The van der Waals surface area contributed by atoms with Gasteiger partial charge in [0, 0.05) is 10.4 Å². The van der Waals surface area contributed by atoms with E-state index in [1.807, 2.05) is 24.4 Å². The molecule has 1 aromatic carbocycles. The zero-order chi connectivity index (χ0) is 11.7. The Morgan fingerprint density at radius 3 is 2.75 bits per heavy atom. The largest absolute Gasteiger partial charge is 0.319 e. The summed E-state index contributed by atoms with van der Waals surface area (Å²) in [6, 6.07) is 6.34. The highest BCUT2D eigenvalue weighted by atomic mass is 35.5. The molecule has 16 heavy (non-hydrogen) atoms. The van der Waals surface area contributed by atoms with Gasteiger partial charge < -0.3 is 5.73 Å². The topological polar surface area (TPSA) is 26.0 Å². The first-order valence-electron chi connectivity index (χ1n) is 4.84. The molecule has 0 amide bonds. The third kappa shape index (κ3) is 1.98. The standard InChI is InChI=1S/C12H11ClFNS/c1-7-4-5-8(14)10(11(7)13)12(15)9-3-2-6-16-9/h2-6,12H,15H2,1H3/t12-/m1/s1. The molecule has 0 radical (unpaired) electrons. The number of benzene rings is 1. The lowest BCUT2D eigenvalue weighted by atomic mass is 10.0. The minimum Gasteiger partial charge on any atom is -0.319 e. The molecule has 0 fully saturated rings. The first-order valence-corrected chi connectivity index (χ1v) is 6.10. The fourth-order valence-corrected chi connectivity index (χ4v) is 2.58. The van der Waals surface area contributed by atoms with Crippen LogP contribution < -0.4 is 5.73 Å². The Kier molecular flexibility index (Phi) is 3.28. The average Bonchev–Trinajstić information content (AvgIpc) is 2.77. The van der Waals surface area contributed by atoms with Gasteiger partial charge in [-0.05, 0) is 30.0 Å². The SMILES string of the molecule is Cc1ccc(F)c([C@H](N)c2cccs2)c1Cl. The van der Waals surface area contributed by atoms with Crippen LogP contribution in [0.1, 0.15) is 22.0 Å². The lowest BCUT2D eigenvalue weighted by Crippen LogP contribution is -2.13. The number of thiophene rings is 1. The van der Waals surface area contributed by atoms with Crippen LogP contribution in [0.25, 0.3) is 0 Å². The van der Waals surface area contributed by atoms with E-state index in [-0.39, 0.29) is 5.82 Å².